The lowest BCUT2D eigenvalue weighted by atomic mass is 9.69. The van der Waals surface area contributed by atoms with Gasteiger partial charge in [0.25, 0.3) is 0 Å². The fourth-order valence-electron chi connectivity index (χ4n) is 10.3. The van der Waals surface area contributed by atoms with E-state index in [2.05, 4.69) is 75.1 Å². The molecule has 7 heteroatoms. The molecule has 6 nitrogen and oxygen atoms in total. The summed E-state index contributed by atoms with van der Waals surface area (Å²) in [5.41, 5.74) is 14.5. The number of nitrogens with one attached hydrogen (secondary N) is 1. The SMILES string of the molecule is CC1(C)OB(c2ccc(-c3ccc(-c4ccc5nc(C6CCCN6C=O)[nH]c5c4)c4c3CC3CCC43)c3c2C2CCC3C2)OC1(C)C. The number of H-pyrrole nitrogens is 1. The van der Waals surface area contributed by atoms with Gasteiger partial charge in [0.05, 0.1) is 28.3 Å². The molecule has 4 aliphatic carbocycles. The zero-order chi connectivity index (χ0) is 31.8. The van der Waals surface area contributed by atoms with E-state index in [0.29, 0.717) is 17.8 Å². The van der Waals surface area contributed by atoms with Gasteiger partial charge in [-0.25, -0.2) is 4.98 Å². The van der Waals surface area contributed by atoms with Crippen molar-refractivity contribution in [3.8, 4) is 22.3 Å². The average molecular weight is 626 g/mol. The number of imidazole rings is 1. The van der Waals surface area contributed by atoms with Gasteiger partial charge in [0.1, 0.15) is 5.82 Å². The highest BCUT2D eigenvalue weighted by Crippen LogP contribution is 2.59. The molecule has 5 unspecified atom stereocenters. The number of carbonyl (C=O) groups is 1. The number of nitrogens with zero attached hydrogens (tertiary/aromatic N) is 2. The Morgan fingerprint density at radius 3 is 2.40 bits per heavy atom. The molecule has 3 aromatic carbocycles. The maximum atomic E-state index is 11.6. The average Bonchev–Trinajstić information content (AvgIpc) is 3.88. The number of fused-ring (bicyclic) bond motifs is 9. The van der Waals surface area contributed by atoms with Crippen molar-refractivity contribution in [3.05, 3.63) is 70.5 Å². The number of amides is 1. The van der Waals surface area contributed by atoms with E-state index in [-0.39, 0.29) is 24.4 Å². The summed E-state index contributed by atoms with van der Waals surface area (Å²) in [6, 6.07) is 16.4. The maximum absolute atomic E-state index is 11.6. The van der Waals surface area contributed by atoms with Crippen LogP contribution in [-0.2, 0) is 20.5 Å². The van der Waals surface area contributed by atoms with Crippen LogP contribution in [0.2, 0.25) is 0 Å². The zero-order valence-electron chi connectivity index (χ0n) is 28.1. The number of likely N-dealkylation sites (tertiary alicyclic amines) is 1. The molecule has 3 heterocycles. The van der Waals surface area contributed by atoms with E-state index < -0.39 is 0 Å². The molecule has 2 saturated carbocycles. The summed E-state index contributed by atoms with van der Waals surface area (Å²) in [6.07, 6.45) is 10.6. The zero-order valence-corrected chi connectivity index (χ0v) is 28.1. The molecular weight excluding hydrogens is 581 g/mol. The van der Waals surface area contributed by atoms with Crippen LogP contribution in [0, 0.1) is 5.92 Å². The Morgan fingerprint density at radius 2 is 1.64 bits per heavy atom. The van der Waals surface area contributed by atoms with Gasteiger partial charge in [0.2, 0.25) is 6.41 Å². The molecule has 1 N–H and O–H groups in total. The van der Waals surface area contributed by atoms with Crippen molar-refractivity contribution >= 4 is 30.0 Å². The molecule has 1 aromatic heterocycles. The van der Waals surface area contributed by atoms with E-state index >= 15 is 0 Å². The van der Waals surface area contributed by atoms with E-state index in [1.54, 1.807) is 16.7 Å². The Morgan fingerprint density at radius 1 is 0.872 bits per heavy atom. The molecule has 2 aliphatic heterocycles. The number of hydrogen-bond donors (Lipinski definition) is 1. The molecule has 47 heavy (non-hydrogen) atoms. The third-order valence-electron chi connectivity index (χ3n) is 13.5. The van der Waals surface area contributed by atoms with Crippen LogP contribution in [0.1, 0.15) is 125 Å². The van der Waals surface area contributed by atoms with Crippen molar-refractivity contribution in [2.45, 2.75) is 114 Å². The summed E-state index contributed by atoms with van der Waals surface area (Å²) in [6.45, 7) is 9.45. The minimum atomic E-state index is -0.343. The van der Waals surface area contributed by atoms with Gasteiger partial charge >= 0.3 is 7.12 Å². The predicted molar refractivity (Wildman–Crippen MR) is 186 cm³/mol. The molecule has 5 atom stereocenters. The first-order valence-corrected chi connectivity index (χ1v) is 18.1. The number of benzene rings is 3. The van der Waals surface area contributed by atoms with Gasteiger partial charge in [-0.2, -0.15) is 0 Å². The van der Waals surface area contributed by atoms with Crippen molar-refractivity contribution in [3.63, 3.8) is 0 Å². The van der Waals surface area contributed by atoms with Gasteiger partial charge in [0.15, 0.2) is 0 Å². The highest BCUT2D eigenvalue weighted by molar-refractivity contribution is 6.62. The van der Waals surface area contributed by atoms with Crippen LogP contribution in [0.5, 0.6) is 0 Å². The number of aromatic nitrogens is 2. The molecule has 10 rings (SSSR count). The van der Waals surface area contributed by atoms with Crippen LogP contribution in [0.25, 0.3) is 33.3 Å². The summed E-state index contributed by atoms with van der Waals surface area (Å²) in [5, 5.41) is 0. The van der Waals surface area contributed by atoms with Crippen LogP contribution < -0.4 is 5.46 Å². The molecular formula is C40H44BN3O3. The van der Waals surface area contributed by atoms with Crippen molar-refractivity contribution in [1.82, 2.24) is 14.9 Å². The molecule has 2 bridgehead atoms. The fraction of sp³-hybridized carbons (Fsp3) is 0.500. The molecule has 6 aliphatic rings. The number of hydrogen-bond acceptors (Lipinski definition) is 4. The Hall–Kier alpha value is -3.42. The normalized spacial score (nSPS) is 29.3. The second-order valence-electron chi connectivity index (χ2n) is 16.4. The third kappa shape index (κ3) is 3.99. The van der Waals surface area contributed by atoms with Gasteiger partial charge in [-0.15, -0.1) is 0 Å². The van der Waals surface area contributed by atoms with E-state index in [0.717, 1.165) is 48.6 Å². The first kappa shape index (κ1) is 28.6. The highest BCUT2D eigenvalue weighted by atomic mass is 16.7. The quantitative estimate of drug-likeness (QED) is 0.181. The Bertz CT molecular complexity index is 1960. The lowest BCUT2D eigenvalue weighted by molar-refractivity contribution is -0.119. The molecule has 4 fully saturated rings. The maximum Gasteiger partial charge on any atom is 0.495 e. The standard InChI is InChI=1S/C40H44BN3O3/c1-39(2)40(3,4)47-41(46-39)31-15-14-29(35-24-7-8-25(18-24)36(31)35)28-13-12-27(37-26-11-9-22(26)19-30(28)37)23-10-16-32-33(20-23)43-38(42-32)34-6-5-17-44(34)21-45/h10,12-16,20-22,24-26,34H,5-9,11,17-19H2,1-4H3,(H,42,43). The lowest BCUT2D eigenvalue weighted by Crippen LogP contribution is -2.41. The Labute approximate surface area is 277 Å². The van der Waals surface area contributed by atoms with Crippen LogP contribution >= 0.6 is 0 Å². The van der Waals surface area contributed by atoms with Crippen LogP contribution in [0.3, 0.4) is 0 Å². The second kappa shape index (κ2) is 9.82. The molecule has 0 spiro atoms. The van der Waals surface area contributed by atoms with E-state index in [4.69, 9.17) is 14.3 Å². The first-order valence-electron chi connectivity index (χ1n) is 18.1. The van der Waals surface area contributed by atoms with Crippen LogP contribution in [-0.4, -0.2) is 46.1 Å². The smallest absolute Gasteiger partial charge is 0.399 e. The minimum Gasteiger partial charge on any atom is -0.399 e. The van der Waals surface area contributed by atoms with Crippen molar-refractivity contribution in [2.24, 2.45) is 5.92 Å². The van der Waals surface area contributed by atoms with Crippen LogP contribution in [0.4, 0.5) is 0 Å². The number of rotatable bonds is 5. The monoisotopic (exact) mass is 625 g/mol. The van der Waals surface area contributed by atoms with Gasteiger partial charge < -0.3 is 19.2 Å². The molecule has 2 saturated heterocycles. The Kier molecular flexibility index (Phi) is 5.97. The lowest BCUT2D eigenvalue weighted by Gasteiger charge is -2.32. The highest BCUT2D eigenvalue weighted by Gasteiger charge is 2.54. The summed E-state index contributed by atoms with van der Waals surface area (Å²) < 4.78 is 13.3. The molecule has 4 aromatic rings. The van der Waals surface area contributed by atoms with Crippen molar-refractivity contribution in [2.75, 3.05) is 6.54 Å². The summed E-state index contributed by atoms with van der Waals surface area (Å²) in [5.74, 6) is 3.57. The van der Waals surface area contributed by atoms with Crippen LogP contribution in [0.15, 0.2) is 42.5 Å². The summed E-state index contributed by atoms with van der Waals surface area (Å²) in [4.78, 5) is 22.0. The predicted octanol–water partition coefficient (Wildman–Crippen LogP) is 7.90. The number of carbonyl (C=O) groups excluding carboxylic acids is 1. The number of aromatic amines is 1. The van der Waals surface area contributed by atoms with Crippen molar-refractivity contribution < 1.29 is 14.1 Å². The largest absolute Gasteiger partial charge is 0.495 e. The fourth-order valence-corrected chi connectivity index (χ4v) is 10.3. The van der Waals surface area contributed by atoms with Gasteiger partial charge in [-0.05, 0) is 165 Å². The summed E-state index contributed by atoms with van der Waals surface area (Å²) in [7, 11) is -0.306. The molecule has 1 amide bonds. The van der Waals surface area contributed by atoms with Gasteiger partial charge in [0, 0.05) is 6.54 Å². The van der Waals surface area contributed by atoms with E-state index in [9.17, 15) is 4.79 Å². The van der Waals surface area contributed by atoms with E-state index in [1.807, 2.05) is 4.90 Å². The molecule has 0 radical (unpaired) electrons. The first-order chi connectivity index (χ1) is 22.7. The van der Waals surface area contributed by atoms with Gasteiger partial charge in [-0.1, -0.05) is 30.3 Å². The Balaban J connectivity index is 1.07. The van der Waals surface area contributed by atoms with Gasteiger partial charge in [-0.3, -0.25) is 4.79 Å². The second-order valence-corrected chi connectivity index (χ2v) is 16.4. The molecule has 240 valence electrons. The van der Waals surface area contributed by atoms with E-state index in [1.165, 1.54) is 71.8 Å². The topological polar surface area (TPSA) is 67.5 Å². The minimum absolute atomic E-state index is 0.0516. The third-order valence-corrected chi connectivity index (χ3v) is 13.5. The van der Waals surface area contributed by atoms with Crippen molar-refractivity contribution in [1.29, 1.82) is 0 Å². The summed E-state index contributed by atoms with van der Waals surface area (Å²) >= 11 is 0.